The lowest BCUT2D eigenvalue weighted by Crippen LogP contribution is -2.18. The first-order valence-corrected chi connectivity index (χ1v) is 8.97. The van der Waals surface area contributed by atoms with Crippen molar-refractivity contribution in [2.24, 2.45) is 0 Å². The zero-order chi connectivity index (χ0) is 22.3. The van der Waals surface area contributed by atoms with Gasteiger partial charge in [0.25, 0.3) is 0 Å². The summed E-state index contributed by atoms with van der Waals surface area (Å²) >= 11 is 5.80. The van der Waals surface area contributed by atoms with Crippen LogP contribution in [0.1, 0.15) is 28.8 Å². The van der Waals surface area contributed by atoms with Gasteiger partial charge in [-0.1, -0.05) is 23.7 Å². The molecule has 160 valence electrons. The summed E-state index contributed by atoms with van der Waals surface area (Å²) in [5.41, 5.74) is -0.908. The first-order chi connectivity index (χ1) is 14.1. The van der Waals surface area contributed by atoms with Crippen molar-refractivity contribution in [3.05, 3.63) is 58.6 Å². The zero-order valence-electron chi connectivity index (χ0n) is 15.7. The molecular formula is C20H17ClF3NO5. The fourth-order valence-corrected chi connectivity index (χ4v) is 2.49. The average molecular weight is 444 g/mol. The summed E-state index contributed by atoms with van der Waals surface area (Å²) < 4.78 is 48.1. The number of amides is 1. The van der Waals surface area contributed by atoms with Gasteiger partial charge in [-0.05, 0) is 30.3 Å². The summed E-state index contributed by atoms with van der Waals surface area (Å²) in [4.78, 5) is 35.7. The van der Waals surface area contributed by atoms with Crippen LogP contribution in [0.5, 0.6) is 5.75 Å². The van der Waals surface area contributed by atoms with Gasteiger partial charge < -0.3 is 14.8 Å². The smallest absolute Gasteiger partial charge is 0.416 e. The number of halogens is 4. The third-order valence-electron chi connectivity index (χ3n) is 3.88. The van der Waals surface area contributed by atoms with E-state index in [2.05, 4.69) is 5.32 Å². The largest absolute Gasteiger partial charge is 0.497 e. The molecule has 0 bridgehead atoms. The summed E-state index contributed by atoms with van der Waals surface area (Å²) in [6.45, 7) is -0.521. The van der Waals surface area contributed by atoms with Crippen molar-refractivity contribution in [2.75, 3.05) is 19.0 Å². The number of hydrogen-bond donors (Lipinski definition) is 1. The number of rotatable bonds is 8. The number of nitrogens with one attached hydrogen (secondary N) is 1. The van der Waals surface area contributed by atoms with Crippen molar-refractivity contribution in [2.45, 2.75) is 19.0 Å². The fourth-order valence-electron chi connectivity index (χ4n) is 2.32. The second kappa shape index (κ2) is 10.1. The van der Waals surface area contributed by atoms with E-state index in [0.717, 1.165) is 12.1 Å². The van der Waals surface area contributed by atoms with E-state index in [4.69, 9.17) is 21.1 Å². The van der Waals surface area contributed by atoms with E-state index in [1.807, 2.05) is 0 Å². The number of carbonyl (C=O) groups excluding carboxylic acids is 3. The molecule has 6 nitrogen and oxygen atoms in total. The van der Waals surface area contributed by atoms with Crippen LogP contribution < -0.4 is 10.1 Å². The highest BCUT2D eigenvalue weighted by Gasteiger charge is 2.31. The molecular weight excluding hydrogens is 427 g/mol. The van der Waals surface area contributed by atoms with Gasteiger partial charge in [-0.25, -0.2) is 0 Å². The maximum atomic E-state index is 12.8. The maximum absolute atomic E-state index is 12.8. The summed E-state index contributed by atoms with van der Waals surface area (Å²) in [6, 6.07) is 8.78. The van der Waals surface area contributed by atoms with Gasteiger partial charge in [0.2, 0.25) is 5.91 Å². The van der Waals surface area contributed by atoms with Crippen LogP contribution in [-0.4, -0.2) is 31.4 Å². The number of benzene rings is 2. The molecule has 30 heavy (non-hydrogen) atoms. The molecule has 0 aliphatic carbocycles. The first kappa shape index (κ1) is 23.2. The van der Waals surface area contributed by atoms with Crippen molar-refractivity contribution in [1.29, 1.82) is 0 Å². The molecule has 0 unspecified atom stereocenters. The predicted octanol–water partition coefficient (Wildman–Crippen LogP) is 4.51. The number of Topliss-reactive ketones (excluding diaryl/α,β-unsaturated/α-hetero) is 1. The molecule has 10 heteroatoms. The van der Waals surface area contributed by atoms with Gasteiger partial charge in [-0.3, -0.25) is 14.4 Å². The number of carbonyl (C=O) groups is 3. The minimum absolute atomic E-state index is 0.0807. The number of methoxy groups -OCH3 is 1. The lowest BCUT2D eigenvalue weighted by Gasteiger charge is -2.11. The van der Waals surface area contributed by atoms with Crippen molar-refractivity contribution in [1.82, 2.24) is 0 Å². The molecule has 0 saturated heterocycles. The summed E-state index contributed by atoms with van der Waals surface area (Å²) in [5.74, 6) is -1.52. The molecule has 0 spiro atoms. The number of anilines is 1. The molecule has 1 amide bonds. The standard InChI is InChI=1S/C20H17ClF3NO5/c1-29-14-4-2-3-12(9-14)17(26)11-30-19(28)8-7-18(27)25-16-10-13(20(22,23)24)5-6-15(16)21/h2-6,9-10H,7-8,11H2,1H3,(H,25,27). The Bertz CT molecular complexity index is 946. The molecule has 2 aromatic carbocycles. The SMILES string of the molecule is COc1cccc(C(=O)COC(=O)CCC(=O)Nc2cc(C(F)(F)F)ccc2Cl)c1. The van der Waals surface area contributed by atoms with Gasteiger partial charge in [-0.15, -0.1) is 0 Å². The summed E-state index contributed by atoms with van der Waals surface area (Å²) in [7, 11) is 1.45. The lowest BCUT2D eigenvalue weighted by molar-refractivity contribution is -0.143. The molecule has 2 rings (SSSR count). The number of esters is 1. The summed E-state index contributed by atoms with van der Waals surface area (Å²) in [6.07, 6.45) is -5.32. The predicted molar refractivity (Wildman–Crippen MR) is 103 cm³/mol. The van der Waals surface area contributed by atoms with Crippen LogP contribution in [0, 0.1) is 0 Å². The molecule has 2 aromatic rings. The molecule has 0 aliphatic rings. The second-order valence-electron chi connectivity index (χ2n) is 6.06. The van der Waals surface area contributed by atoms with Gasteiger partial charge in [0.1, 0.15) is 5.75 Å². The van der Waals surface area contributed by atoms with Crippen LogP contribution >= 0.6 is 11.6 Å². The topological polar surface area (TPSA) is 81.7 Å². The Hall–Kier alpha value is -3.07. The molecule has 0 radical (unpaired) electrons. The Morgan fingerprint density at radius 3 is 2.47 bits per heavy atom. The third-order valence-corrected chi connectivity index (χ3v) is 4.21. The van der Waals surface area contributed by atoms with Gasteiger partial charge in [0, 0.05) is 12.0 Å². The van der Waals surface area contributed by atoms with Crippen LogP contribution in [0.25, 0.3) is 0 Å². The molecule has 0 aliphatic heterocycles. The second-order valence-corrected chi connectivity index (χ2v) is 6.46. The van der Waals surface area contributed by atoms with Crippen molar-refractivity contribution < 1.29 is 37.0 Å². The molecule has 0 aromatic heterocycles. The Morgan fingerprint density at radius 1 is 1.07 bits per heavy atom. The quantitative estimate of drug-likeness (QED) is 0.479. The van der Waals surface area contributed by atoms with Gasteiger partial charge in [0.15, 0.2) is 12.4 Å². The van der Waals surface area contributed by atoms with Crippen molar-refractivity contribution >= 4 is 34.9 Å². The molecule has 0 fully saturated rings. The van der Waals surface area contributed by atoms with Crippen LogP contribution in [0.15, 0.2) is 42.5 Å². The lowest BCUT2D eigenvalue weighted by atomic mass is 10.1. The normalized spacial score (nSPS) is 11.0. The minimum Gasteiger partial charge on any atom is -0.497 e. The van der Waals surface area contributed by atoms with Gasteiger partial charge in [-0.2, -0.15) is 13.2 Å². The minimum atomic E-state index is -4.59. The van der Waals surface area contributed by atoms with Crippen molar-refractivity contribution in [3.8, 4) is 5.75 Å². The maximum Gasteiger partial charge on any atom is 0.416 e. The molecule has 0 saturated carbocycles. The fraction of sp³-hybridized carbons (Fsp3) is 0.250. The van der Waals surface area contributed by atoms with E-state index in [1.54, 1.807) is 12.1 Å². The number of ketones is 1. The Labute approximate surface area is 174 Å². The van der Waals surface area contributed by atoms with Crippen LogP contribution in [0.2, 0.25) is 5.02 Å². The monoisotopic (exact) mass is 443 g/mol. The van der Waals surface area contributed by atoms with Gasteiger partial charge in [0.05, 0.1) is 29.8 Å². The Kier molecular flexibility index (Phi) is 7.82. The van der Waals surface area contributed by atoms with Crippen LogP contribution in [-0.2, 0) is 20.5 Å². The van der Waals surface area contributed by atoms with Gasteiger partial charge >= 0.3 is 12.1 Å². The Morgan fingerprint density at radius 2 is 1.80 bits per heavy atom. The highest BCUT2D eigenvalue weighted by Crippen LogP contribution is 2.33. The third kappa shape index (κ3) is 6.77. The highest BCUT2D eigenvalue weighted by atomic mass is 35.5. The molecule has 1 N–H and O–H groups in total. The summed E-state index contributed by atoms with van der Waals surface area (Å²) in [5, 5.41) is 2.14. The van der Waals surface area contributed by atoms with Crippen molar-refractivity contribution in [3.63, 3.8) is 0 Å². The molecule has 0 heterocycles. The van der Waals surface area contributed by atoms with E-state index < -0.39 is 36.0 Å². The highest BCUT2D eigenvalue weighted by molar-refractivity contribution is 6.33. The Balaban J connectivity index is 1.83. The first-order valence-electron chi connectivity index (χ1n) is 8.59. The number of ether oxygens (including phenoxy) is 2. The van der Waals surface area contributed by atoms with E-state index in [0.29, 0.717) is 17.4 Å². The molecule has 0 atom stereocenters. The van der Waals surface area contributed by atoms with E-state index in [1.165, 1.54) is 19.2 Å². The zero-order valence-corrected chi connectivity index (χ0v) is 16.5. The van der Waals surface area contributed by atoms with Crippen LogP contribution in [0.3, 0.4) is 0 Å². The average Bonchev–Trinajstić information content (AvgIpc) is 2.71. The number of alkyl halides is 3. The van der Waals surface area contributed by atoms with E-state index >= 15 is 0 Å². The number of hydrogen-bond acceptors (Lipinski definition) is 5. The van der Waals surface area contributed by atoms with Crippen LogP contribution in [0.4, 0.5) is 18.9 Å². The van der Waals surface area contributed by atoms with E-state index in [-0.39, 0.29) is 23.6 Å². The van der Waals surface area contributed by atoms with E-state index in [9.17, 15) is 27.6 Å².